The van der Waals surface area contributed by atoms with Crippen LogP contribution >= 0.6 is 0 Å². The van der Waals surface area contributed by atoms with Gasteiger partial charge in [0.05, 0.1) is 6.33 Å². The van der Waals surface area contributed by atoms with Crippen molar-refractivity contribution in [1.29, 1.82) is 0 Å². The van der Waals surface area contributed by atoms with Crippen molar-refractivity contribution in [1.82, 2.24) is 24.5 Å². The fraction of sp³-hybridized carbons (Fsp3) is 0.684. The highest BCUT2D eigenvalue weighted by molar-refractivity contribution is 5.46. The lowest BCUT2D eigenvalue weighted by Gasteiger charge is -2.37. The Morgan fingerprint density at radius 3 is 1.87 bits per heavy atom. The lowest BCUT2D eigenvalue weighted by molar-refractivity contribution is 0.441. The predicted molar refractivity (Wildman–Crippen MR) is 121 cm³/mol. The molecule has 0 radical (unpaired) electrons. The standard InChI is InChI=1S/C19H34N12/c20-13-6-14(21)9-30(8-13)18-26-17(25-2-1-4-29-5-3-24-12-29)27-19(28-18)31-10-15(22)7-16(23)11-31/h3,5,12-16H,1-2,4,6-11,20-23H2,(H,25,26,27,28). The number of piperidine rings is 2. The Kier molecular flexibility index (Phi) is 6.80. The number of aromatic nitrogens is 5. The molecule has 31 heavy (non-hydrogen) atoms. The molecule has 4 atom stereocenters. The van der Waals surface area contributed by atoms with E-state index in [0.717, 1.165) is 32.4 Å². The molecule has 0 bridgehead atoms. The van der Waals surface area contributed by atoms with Gasteiger partial charge in [0.15, 0.2) is 0 Å². The second-order valence-corrected chi connectivity index (χ2v) is 8.66. The van der Waals surface area contributed by atoms with Crippen molar-refractivity contribution in [3.8, 4) is 0 Å². The van der Waals surface area contributed by atoms with Crippen LogP contribution in [-0.4, -0.2) is 81.4 Å². The molecule has 12 nitrogen and oxygen atoms in total. The van der Waals surface area contributed by atoms with E-state index in [2.05, 4.69) is 20.3 Å². The maximum absolute atomic E-state index is 6.19. The van der Waals surface area contributed by atoms with Crippen LogP contribution in [0.3, 0.4) is 0 Å². The molecule has 4 rings (SSSR count). The third-order valence-electron chi connectivity index (χ3n) is 5.64. The first-order chi connectivity index (χ1) is 15.0. The van der Waals surface area contributed by atoms with Gasteiger partial charge in [0.1, 0.15) is 0 Å². The summed E-state index contributed by atoms with van der Waals surface area (Å²) in [5, 5.41) is 3.34. The first kappa shape index (κ1) is 21.7. The van der Waals surface area contributed by atoms with E-state index in [-0.39, 0.29) is 24.2 Å². The predicted octanol–water partition coefficient (Wildman–Crippen LogP) is -1.70. The van der Waals surface area contributed by atoms with Crippen molar-refractivity contribution in [2.24, 2.45) is 22.9 Å². The summed E-state index contributed by atoms with van der Waals surface area (Å²) in [6.45, 7) is 4.24. The molecular weight excluding hydrogens is 396 g/mol. The molecule has 4 unspecified atom stereocenters. The second-order valence-electron chi connectivity index (χ2n) is 8.66. The number of nitrogens with one attached hydrogen (secondary N) is 1. The van der Waals surface area contributed by atoms with Gasteiger partial charge >= 0.3 is 0 Å². The van der Waals surface area contributed by atoms with Crippen molar-refractivity contribution in [3.63, 3.8) is 0 Å². The smallest absolute Gasteiger partial charge is 0.232 e. The summed E-state index contributed by atoms with van der Waals surface area (Å²) in [7, 11) is 0. The third-order valence-corrected chi connectivity index (χ3v) is 5.64. The van der Waals surface area contributed by atoms with Crippen LogP contribution in [0.2, 0.25) is 0 Å². The summed E-state index contributed by atoms with van der Waals surface area (Å²) in [5.41, 5.74) is 24.8. The molecular formula is C19H34N12. The Balaban J connectivity index is 1.51. The molecule has 0 aromatic carbocycles. The highest BCUT2D eigenvalue weighted by Crippen LogP contribution is 2.22. The van der Waals surface area contributed by atoms with E-state index >= 15 is 0 Å². The van der Waals surface area contributed by atoms with Crippen molar-refractivity contribution >= 4 is 17.8 Å². The summed E-state index contributed by atoms with van der Waals surface area (Å²) in [6, 6.07) is -0.0282. The summed E-state index contributed by atoms with van der Waals surface area (Å²) >= 11 is 0. The Hall–Kier alpha value is -2.54. The monoisotopic (exact) mass is 430 g/mol. The normalized spacial score (nSPS) is 26.8. The summed E-state index contributed by atoms with van der Waals surface area (Å²) in [4.78, 5) is 22.2. The number of nitrogens with two attached hydrogens (primary N) is 4. The minimum Gasteiger partial charge on any atom is -0.354 e. The van der Waals surface area contributed by atoms with Gasteiger partial charge in [-0.1, -0.05) is 0 Å². The zero-order chi connectivity index (χ0) is 21.8. The van der Waals surface area contributed by atoms with Crippen molar-refractivity contribution in [3.05, 3.63) is 18.7 Å². The van der Waals surface area contributed by atoms with Crippen LogP contribution in [0.5, 0.6) is 0 Å². The van der Waals surface area contributed by atoms with Crippen LogP contribution in [0, 0.1) is 0 Å². The number of nitrogens with zero attached hydrogens (tertiary/aromatic N) is 7. The Morgan fingerprint density at radius 1 is 0.839 bits per heavy atom. The largest absolute Gasteiger partial charge is 0.354 e. The van der Waals surface area contributed by atoms with Gasteiger partial charge in [-0.15, -0.1) is 0 Å². The molecule has 9 N–H and O–H groups in total. The van der Waals surface area contributed by atoms with Crippen LogP contribution in [0.15, 0.2) is 18.7 Å². The molecule has 0 amide bonds. The van der Waals surface area contributed by atoms with Crippen LogP contribution in [-0.2, 0) is 6.54 Å². The van der Waals surface area contributed by atoms with E-state index in [4.69, 9.17) is 27.9 Å². The maximum Gasteiger partial charge on any atom is 0.232 e. The minimum absolute atomic E-state index is 0.00705. The zero-order valence-corrected chi connectivity index (χ0v) is 17.8. The second kappa shape index (κ2) is 9.73. The molecule has 2 aliphatic rings. The number of hydrogen-bond acceptors (Lipinski definition) is 11. The molecule has 12 heteroatoms. The summed E-state index contributed by atoms with van der Waals surface area (Å²) < 4.78 is 2.04. The van der Waals surface area contributed by atoms with E-state index in [1.54, 1.807) is 6.20 Å². The number of hydrogen-bond donors (Lipinski definition) is 5. The van der Waals surface area contributed by atoms with Crippen LogP contribution in [0.4, 0.5) is 17.8 Å². The molecule has 2 aliphatic heterocycles. The van der Waals surface area contributed by atoms with Gasteiger partial charge in [0, 0.05) is 75.8 Å². The van der Waals surface area contributed by atoms with E-state index in [1.165, 1.54) is 0 Å². The average Bonchev–Trinajstić information content (AvgIpc) is 3.23. The first-order valence-corrected chi connectivity index (χ1v) is 10.9. The number of anilines is 3. The van der Waals surface area contributed by atoms with Crippen LogP contribution in [0.25, 0.3) is 0 Å². The Labute approximate surface area is 182 Å². The Morgan fingerprint density at radius 2 is 1.39 bits per heavy atom. The minimum atomic E-state index is -0.00705. The number of imidazole rings is 1. The molecule has 2 aromatic rings. The summed E-state index contributed by atoms with van der Waals surface area (Å²) in [5.74, 6) is 1.70. The highest BCUT2D eigenvalue weighted by atomic mass is 15.4. The molecule has 0 saturated carbocycles. The molecule has 2 saturated heterocycles. The quantitative estimate of drug-likeness (QED) is 0.316. The molecule has 2 aromatic heterocycles. The fourth-order valence-corrected chi connectivity index (χ4v) is 4.28. The van der Waals surface area contributed by atoms with Gasteiger partial charge in [-0.25, -0.2) is 4.98 Å². The molecule has 0 spiro atoms. The molecule has 0 aliphatic carbocycles. The van der Waals surface area contributed by atoms with Crippen LogP contribution < -0.4 is 38.1 Å². The van der Waals surface area contributed by atoms with Gasteiger partial charge in [0.25, 0.3) is 0 Å². The summed E-state index contributed by atoms with van der Waals surface area (Å²) in [6.07, 6.45) is 8.04. The van der Waals surface area contributed by atoms with Crippen molar-refractivity contribution < 1.29 is 0 Å². The Bertz CT molecular complexity index is 763. The topological polar surface area (TPSA) is 179 Å². The molecule has 2 fully saturated rings. The van der Waals surface area contributed by atoms with Crippen LogP contribution in [0.1, 0.15) is 19.3 Å². The first-order valence-electron chi connectivity index (χ1n) is 10.9. The molecule has 4 heterocycles. The molecule has 170 valence electrons. The van der Waals surface area contributed by atoms with Gasteiger partial charge in [-0.05, 0) is 19.3 Å². The van der Waals surface area contributed by atoms with Gasteiger partial charge in [0.2, 0.25) is 17.8 Å². The zero-order valence-electron chi connectivity index (χ0n) is 17.8. The lowest BCUT2D eigenvalue weighted by Crippen LogP contribution is -2.54. The van der Waals surface area contributed by atoms with E-state index < -0.39 is 0 Å². The SMILES string of the molecule is NC1CC(N)CN(c2nc(NCCCn3ccnc3)nc(N3CC(N)CC(N)C3)n2)C1. The van der Waals surface area contributed by atoms with Gasteiger partial charge < -0.3 is 42.6 Å². The highest BCUT2D eigenvalue weighted by Gasteiger charge is 2.28. The van der Waals surface area contributed by atoms with Gasteiger partial charge in [-0.2, -0.15) is 15.0 Å². The van der Waals surface area contributed by atoms with E-state index in [0.29, 0.717) is 44.0 Å². The van der Waals surface area contributed by atoms with E-state index in [9.17, 15) is 0 Å². The lowest BCUT2D eigenvalue weighted by atomic mass is 10.0. The van der Waals surface area contributed by atoms with E-state index in [1.807, 2.05) is 26.9 Å². The maximum atomic E-state index is 6.19. The van der Waals surface area contributed by atoms with Crippen molar-refractivity contribution in [2.45, 2.75) is 50.0 Å². The fourth-order valence-electron chi connectivity index (χ4n) is 4.28. The van der Waals surface area contributed by atoms with Crippen molar-refractivity contribution in [2.75, 3.05) is 47.8 Å². The number of aryl methyl sites for hydroxylation is 1. The van der Waals surface area contributed by atoms with Gasteiger partial charge in [-0.3, -0.25) is 0 Å². The number of rotatable bonds is 7. The average molecular weight is 431 g/mol. The third kappa shape index (κ3) is 5.79.